The maximum Gasteiger partial charge on any atom is 0.255 e. The van der Waals surface area contributed by atoms with Crippen molar-refractivity contribution < 1.29 is 14.3 Å². The summed E-state index contributed by atoms with van der Waals surface area (Å²) in [6.45, 7) is 2.85. The number of hydrogen-bond donors (Lipinski definition) is 1. The van der Waals surface area contributed by atoms with E-state index in [2.05, 4.69) is 21.2 Å². The molecule has 1 unspecified atom stereocenters. The first kappa shape index (κ1) is 13.1. The largest absolute Gasteiger partial charge is 0.491 e. The standard InChI is InChI=1S/C13H14BrNO3/c1-2-10(14)12(16)8-3-4-11-9(7-8)13(17)15-5-6-18-11/h3-4,7,10H,2,5-6H2,1H3,(H,15,17). The van der Waals surface area contributed by atoms with E-state index in [9.17, 15) is 9.59 Å². The third-order valence-electron chi connectivity index (χ3n) is 2.80. The van der Waals surface area contributed by atoms with Crippen molar-refractivity contribution in [1.82, 2.24) is 5.32 Å². The summed E-state index contributed by atoms with van der Waals surface area (Å²) in [5, 5.41) is 2.72. The highest BCUT2D eigenvalue weighted by Crippen LogP contribution is 2.23. The number of Topliss-reactive ketones (excluding diaryl/α,β-unsaturated/α-hetero) is 1. The predicted molar refractivity (Wildman–Crippen MR) is 71.6 cm³/mol. The van der Waals surface area contributed by atoms with Gasteiger partial charge in [0.25, 0.3) is 5.91 Å². The molecule has 0 fully saturated rings. The zero-order valence-corrected chi connectivity index (χ0v) is 11.6. The summed E-state index contributed by atoms with van der Waals surface area (Å²) in [6.07, 6.45) is 0.707. The lowest BCUT2D eigenvalue weighted by Crippen LogP contribution is -2.24. The highest BCUT2D eigenvalue weighted by molar-refractivity contribution is 9.10. The fourth-order valence-electron chi connectivity index (χ4n) is 1.77. The summed E-state index contributed by atoms with van der Waals surface area (Å²) in [4.78, 5) is 23.6. The van der Waals surface area contributed by atoms with Crippen molar-refractivity contribution in [3.05, 3.63) is 29.3 Å². The van der Waals surface area contributed by atoms with Gasteiger partial charge in [0.05, 0.1) is 16.9 Å². The monoisotopic (exact) mass is 311 g/mol. The predicted octanol–water partition coefficient (Wildman–Crippen LogP) is 2.17. The third kappa shape index (κ3) is 2.56. The minimum absolute atomic E-state index is 0.0163. The zero-order valence-electron chi connectivity index (χ0n) is 10.0. The lowest BCUT2D eigenvalue weighted by molar-refractivity contribution is 0.0957. The molecule has 1 atom stereocenters. The zero-order chi connectivity index (χ0) is 13.1. The van der Waals surface area contributed by atoms with Gasteiger partial charge in [-0.2, -0.15) is 0 Å². The second-order valence-electron chi connectivity index (χ2n) is 4.06. The van der Waals surface area contributed by atoms with Crippen LogP contribution in [0.3, 0.4) is 0 Å². The molecular formula is C13H14BrNO3. The normalized spacial score (nSPS) is 16.0. The molecule has 2 rings (SSSR count). The number of ketones is 1. The number of hydrogen-bond acceptors (Lipinski definition) is 3. The maximum absolute atomic E-state index is 12.0. The van der Waals surface area contributed by atoms with Crippen LogP contribution in [0.1, 0.15) is 34.1 Å². The minimum atomic E-state index is -0.217. The third-order valence-corrected chi connectivity index (χ3v) is 3.86. The molecule has 1 heterocycles. The first-order valence-corrected chi connectivity index (χ1v) is 6.78. The number of ether oxygens (including phenoxy) is 1. The van der Waals surface area contributed by atoms with Gasteiger partial charge in [0.2, 0.25) is 0 Å². The van der Waals surface area contributed by atoms with E-state index in [-0.39, 0.29) is 16.5 Å². The van der Waals surface area contributed by atoms with Crippen LogP contribution in [0.25, 0.3) is 0 Å². The van der Waals surface area contributed by atoms with E-state index in [0.717, 1.165) is 0 Å². The van der Waals surface area contributed by atoms with Crippen LogP contribution in [0.2, 0.25) is 0 Å². The second-order valence-corrected chi connectivity index (χ2v) is 5.16. The van der Waals surface area contributed by atoms with E-state index in [4.69, 9.17) is 4.74 Å². The van der Waals surface area contributed by atoms with E-state index in [1.54, 1.807) is 18.2 Å². The van der Waals surface area contributed by atoms with E-state index < -0.39 is 0 Å². The van der Waals surface area contributed by atoms with E-state index in [1.807, 2.05) is 6.92 Å². The Morgan fingerprint density at radius 2 is 2.33 bits per heavy atom. The Kier molecular flexibility index (Phi) is 4.01. The average Bonchev–Trinajstić information content (AvgIpc) is 2.59. The lowest BCUT2D eigenvalue weighted by Gasteiger charge is -2.09. The molecule has 0 saturated heterocycles. The van der Waals surface area contributed by atoms with Crippen LogP contribution < -0.4 is 10.1 Å². The first-order valence-electron chi connectivity index (χ1n) is 5.86. The van der Waals surface area contributed by atoms with Gasteiger partial charge in [0, 0.05) is 5.56 Å². The molecule has 18 heavy (non-hydrogen) atoms. The number of rotatable bonds is 3. The average molecular weight is 312 g/mol. The van der Waals surface area contributed by atoms with Crippen LogP contribution in [-0.4, -0.2) is 29.7 Å². The van der Waals surface area contributed by atoms with Gasteiger partial charge >= 0.3 is 0 Å². The molecule has 0 spiro atoms. The Hall–Kier alpha value is -1.36. The molecule has 1 N–H and O–H groups in total. The Bertz CT molecular complexity index is 487. The topological polar surface area (TPSA) is 55.4 Å². The molecule has 1 aliphatic heterocycles. The summed E-state index contributed by atoms with van der Waals surface area (Å²) >= 11 is 3.32. The Morgan fingerprint density at radius 3 is 3.06 bits per heavy atom. The van der Waals surface area contributed by atoms with Crippen molar-refractivity contribution in [3.8, 4) is 5.75 Å². The summed E-state index contributed by atoms with van der Waals surface area (Å²) in [7, 11) is 0. The number of fused-ring (bicyclic) bond motifs is 1. The van der Waals surface area contributed by atoms with Crippen LogP contribution in [0.4, 0.5) is 0 Å². The van der Waals surface area contributed by atoms with Gasteiger partial charge in [-0.15, -0.1) is 0 Å². The number of carbonyl (C=O) groups is 2. The van der Waals surface area contributed by atoms with Crippen molar-refractivity contribution in [1.29, 1.82) is 0 Å². The molecule has 0 radical (unpaired) electrons. The van der Waals surface area contributed by atoms with Crippen LogP contribution in [0.15, 0.2) is 18.2 Å². The quantitative estimate of drug-likeness (QED) is 0.687. The van der Waals surface area contributed by atoms with Gasteiger partial charge < -0.3 is 10.1 Å². The molecule has 1 aromatic rings. The Labute approximate surface area is 114 Å². The second kappa shape index (κ2) is 5.52. The molecule has 0 aliphatic carbocycles. The molecule has 5 heteroatoms. The van der Waals surface area contributed by atoms with Gasteiger partial charge in [0.15, 0.2) is 5.78 Å². The van der Waals surface area contributed by atoms with Crippen LogP contribution in [0.5, 0.6) is 5.75 Å². The number of halogens is 1. The fraction of sp³-hybridized carbons (Fsp3) is 0.385. The van der Waals surface area contributed by atoms with Crippen molar-refractivity contribution in [3.63, 3.8) is 0 Å². The molecule has 0 bridgehead atoms. The van der Waals surface area contributed by atoms with Crippen LogP contribution >= 0.6 is 15.9 Å². The number of carbonyl (C=O) groups excluding carboxylic acids is 2. The highest BCUT2D eigenvalue weighted by atomic mass is 79.9. The van der Waals surface area contributed by atoms with Crippen molar-refractivity contribution in [2.24, 2.45) is 0 Å². The Balaban J connectivity index is 2.36. The summed E-state index contributed by atoms with van der Waals surface area (Å²) in [5.41, 5.74) is 0.951. The highest BCUT2D eigenvalue weighted by Gasteiger charge is 2.21. The molecule has 0 aromatic heterocycles. The van der Waals surface area contributed by atoms with Crippen LogP contribution in [-0.2, 0) is 0 Å². The van der Waals surface area contributed by atoms with Crippen molar-refractivity contribution in [2.45, 2.75) is 18.2 Å². The van der Waals surface area contributed by atoms with Crippen molar-refractivity contribution >= 4 is 27.6 Å². The molecule has 4 nitrogen and oxygen atoms in total. The molecule has 1 amide bonds. The van der Waals surface area contributed by atoms with E-state index in [0.29, 0.717) is 36.4 Å². The first-order chi connectivity index (χ1) is 8.63. The molecule has 96 valence electrons. The van der Waals surface area contributed by atoms with Gasteiger partial charge in [-0.05, 0) is 24.6 Å². The summed E-state index contributed by atoms with van der Waals surface area (Å²) in [6, 6.07) is 4.98. The number of amides is 1. The fourth-order valence-corrected chi connectivity index (χ4v) is 2.04. The SMILES string of the molecule is CCC(Br)C(=O)c1ccc2c(c1)C(=O)NCCO2. The molecule has 1 aliphatic rings. The van der Waals surface area contributed by atoms with Gasteiger partial charge in [-0.1, -0.05) is 22.9 Å². The van der Waals surface area contributed by atoms with Gasteiger partial charge in [-0.3, -0.25) is 9.59 Å². The Morgan fingerprint density at radius 1 is 1.56 bits per heavy atom. The van der Waals surface area contributed by atoms with E-state index >= 15 is 0 Å². The molecule has 1 aromatic carbocycles. The summed E-state index contributed by atoms with van der Waals surface area (Å²) < 4.78 is 5.43. The number of benzene rings is 1. The van der Waals surface area contributed by atoms with Gasteiger partial charge in [-0.25, -0.2) is 0 Å². The van der Waals surface area contributed by atoms with Gasteiger partial charge in [0.1, 0.15) is 12.4 Å². The number of nitrogens with one attached hydrogen (secondary N) is 1. The minimum Gasteiger partial charge on any atom is -0.491 e. The van der Waals surface area contributed by atoms with Crippen molar-refractivity contribution in [2.75, 3.05) is 13.2 Å². The summed E-state index contributed by atoms with van der Waals surface area (Å²) in [5.74, 6) is 0.321. The number of alkyl halides is 1. The smallest absolute Gasteiger partial charge is 0.255 e. The van der Waals surface area contributed by atoms with Crippen LogP contribution in [0, 0.1) is 0 Å². The molecule has 0 saturated carbocycles. The van der Waals surface area contributed by atoms with E-state index in [1.165, 1.54) is 0 Å². The maximum atomic E-state index is 12.0. The lowest BCUT2D eigenvalue weighted by atomic mass is 10.0. The molecular weight excluding hydrogens is 298 g/mol.